The Labute approximate surface area is 136 Å². The zero-order chi connectivity index (χ0) is 16.5. The lowest BCUT2D eigenvalue weighted by Crippen LogP contribution is -2.40. The summed E-state index contributed by atoms with van der Waals surface area (Å²) in [5.74, 6) is 0.503. The monoisotopic (exact) mass is 309 g/mol. The Kier molecular flexibility index (Phi) is 6.13. The molecule has 2 aromatic rings. The van der Waals surface area contributed by atoms with Gasteiger partial charge in [-0.05, 0) is 30.7 Å². The van der Waals surface area contributed by atoms with E-state index in [1.165, 1.54) is 0 Å². The van der Waals surface area contributed by atoms with Crippen molar-refractivity contribution >= 4 is 5.91 Å². The number of aromatic nitrogens is 1. The van der Waals surface area contributed by atoms with Crippen LogP contribution in [-0.4, -0.2) is 28.4 Å². The molecule has 23 heavy (non-hydrogen) atoms. The van der Waals surface area contributed by atoms with Gasteiger partial charge in [0.2, 0.25) is 0 Å². The van der Waals surface area contributed by atoms with E-state index in [1.54, 1.807) is 24.2 Å². The number of benzene rings is 1. The highest BCUT2D eigenvalue weighted by molar-refractivity contribution is 5.80. The molecule has 0 radical (unpaired) electrons. The first-order valence-corrected chi connectivity index (χ1v) is 7.47. The van der Waals surface area contributed by atoms with Gasteiger partial charge in [-0.3, -0.25) is 9.78 Å². The quantitative estimate of drug-likeness (QED) is 0.789. The fourth-order valence-corrected chi connectivity index (χ4v) is 2.17. The largest absolute Gasteiger partial charge is 0.481 e. The number of nitriles is 1. The van der Waals surface area contributed by atoms with E-state index in [2.05, 4.69) is 11.1 Å². The second kappa shape index (κ2) is 8.54. The molecule has 118 valence electrons. The third-order valence-electron chi connectivity index (χ3n) is 3.31. The van der Waals surface area contributed by atoms with Gasteiger partial charge in [0.1, 0.15) is 5.75 Å². The van der Waals surface area contributed by atoms with Gasteiger partial charge in [0, 0.05) is 25.5 Å². The normalized spacial score (nSPS) is 11.3. The molecule has 1 heterocycles. The minimum absolute atomic E-state index is 0.145. The second-order valence-electron chi connectivity index (χ2n) is 5.10. The number of carbonyl (C=O) groups excluding carboxylic acids is 1. The molecule has 1 atom stereocenters. The lowest BCUT2D eigenvalue weighted by Gasteiger charge is -2.25. The molecule has 5 nitrogen and oxygen atoms in total. The van der Waals surface area contributed by atoms with Gasteiger partial charge in [0.15, 0.2) is 6.10 Å². The van der Waals surface area contributed by atoms with Crippen LogP contribution in [0.2, 0.25) is 0 Å². The van der Waals surface area contributed by atoms with E-state index in [-0.39, 0.29) is 12.3 Å². The number of hydrogen-bond acceptors (Lipinski definition) is 4. The van der Waals surface area contributed by atoms with Crippen LogP contribution in [-0.2, 0) is 11.3 Å². The van der Waals surface area contributed by atoms with Gasteiger partial charge in [0.25, 0.3) is 5.91 Å². The highest BCUT2D eigenvalue weighted by Crippen LogP contribution is 2.13. The van der Waals surface area contributed by atoms with Gasteiger partial charge in [0.05, 0.1) is 12.5 Å². The summed E-state index contributed by atoms with van der Waals surface area (Å²) in [7, 11) is 0. The molecule has 0 saturated heterocycles. The molecule has 0 saturated carbocycles. The molecular weight excluding hydrogens is 290 g/mol. The Morgan fingerprint density at radius 3 is 2.74 bits per heavy atom. The minimum Gasteiger partial charge on any atom is -0.481 e. The van der Waals surface area contributed by atoms with Crippen LogP contribution in [0.1, 0.15) is 18.9 Å². The second-order valence-corrected chi connectivity index (χ2v) is 5.10. The number of hydrogen-bond donors (Lipinski definition) is 0. The maximum atomic E-state index is 12.6. The first kappa shape index (κ1) is 16.5. The molecule has 0 N–H and O–H groups in total. The number of ether oxygens (including phenoxy) is 1. The van der Waals surface area contributed by atoms with E-state index in [4.69, 9.17) is 10.00 Å². The fraction of sp³-hybridized carbons (Fsp3) is 0.278. The van der Waals surface area contributed by atoms with Gasteiger partial charge < -0.3 is 9.64 Å². The molecule has 0 spiro atoms. The number of nitrogens with zero attached hydrogens (tertiary/aromatic N) is 3. The van der Waals surface area contributed by atoms with Gasteiger partial charge in [-0.15, -0.1) is 0 Å². The average molecular weight is 309 g/mol. The molecule has 0 aliphatic carbocycles. The van der Waals surface area contributed by atoms with Gasteiger partial charge in [-0.1, -0.05) is 24.3 Å². The highest BCUT2D eigenvalue weighted by atomic mass is 16.5. The molecule has 1 amide bonds. The predicted molar refractivity (Wildman–Crippen MR) is 86.4 cm³/mol. The average Bonchev–Trinajstić information content (AvgIpc) is 2.59. The van der Waals surface area contributed by atoms with Crippen molar-refractivity contribution in [1.82, 2.24) is 9.88 Å². The van der Waals surface area contributed by atoms with E-state index in [0.717, 1.165) is 5.56 Å². The van der Waals surface area contributed by atoms with E-state index < -0.39 is 6.10 Å². The van der Waals surface area contributed by atoms with Crippen molar-refractivity contribution in [2.75, 3.05) is 6.54 Å². The first-order chi connectivity index (χ1) is 11.2. The van der Waals surface area contributed by atoms with Crippen LogP contribution in [0.3, 0.4) is 0 Å². The van der Waals surface area contributed by atoms with E-state index in [9.17, 15) is 4.79 Å². The van der Waals surface area contributed by atoms with Crippen LogP contribution in [0.4, 0.5) is 0 Å². The van der Waals surface area contributed by atoms with Crippen LogP contribution in [0, 0.1) is 11.3 Å². The van der Waals surface area contributed by atoms with E-state index >= 15 is 0 Å². The summed E-state index contributed by atoms with van der Waals surface area (Å²) < 4.78 is 5.69. The summed E-state index contributed by atoms with van der Waals surface area (Å²) in [6.07, 6.45) is 3.07. The number of amides is 1. The lowest BCUT2D eigenvalue weighted by atomic mass is 10.2. The summed E-state index contributed by atoms with van der Waals surface area (Å²) in [4.78, 5) is 18.3. The van der Waals surface area contributed by atoms with Crippen molar-refractivity contribution in [3.8, 4) is 11.8 Å². The summed E-state index contributed by atoms with van der Waals surface area (Å²) in [5, 5.41) is 8.81. The van der Waals surface area contributed by atoms with Crippen molar-refractivity contribution in [1.29, 1.82) is 5.26 Å². The number of rotatable bonds is 7. The third-order valence-corrected chi connectivity index (χ3v) is 3.31. The molecule has 0 fully saturated rings. The van der Waals surface area contributed by atoms with Gasteiger partial charge in [-0.25, -0.2) is 0 Å². The van der Waals surface area contributed by atoms with Crippen LogP contribution >= 0.6 is 0 Å². The number of para-hydroxylation sites is 1. The third kappa shape index (κ3) is 5.11. The SMILES string of the molecule is CC(Oc1ccccc1)C(=O)N(CCC#N)Cc1cccnc1. The Bertz CT molecular complexity index is 653. The standard InChI is InChI=1S/C18H19N3O2/c1-15(23-17-8-3-2-4-9-17)18(22)21(12-6-10-19)14-16-7-5-11-20-13-16/h2-5,7-9,11,13,15H,6,12,14H2,1H3. The Hall–Kier alpha value is -2.87. The molecule has 1 unspecified atom stereocenters. The summed E-state index contributed by atoms with van der Waals surface area (Å²) in [5.41, 5.74) is 0.922. The van der Waals surface area contributed by atoms with Gasteiger partial charge >= 0.3 is 0 Å². The van der Waals surface area contributed by atoms with Crippen LogP contribution in [0.25, 0.3) is 0 Å². The molecule has 2 rings (SSSR count). The topological polar surface area (TPSA) is 66.2 Å². The molecule has 0 aliphatic heterocycles. The maximum Gasteiger partial charge on any atom is 0.263 e. The number of carbonyl (C=O) groups is 1. The summed E-state index contributed by atoms with van der Waals surface area (Å²) in [6.45, 7) is 2.50. The predicted octanol–water partition coefficient (Wildman–Crippen LogP) is 2.79. The zero-order valence-corrected chi connectivity index (χ0v) is 13.1. The Morgan fingerprint density at radius 1 is 1.30 bits per heavy atom. The molecule has 1 aromatic heterocycles. The fourth-order valence-electron chi connectivity index (χ4n) is 2.17. The first-order valence-electron chi connectivity index (χ1n) is 7.47. The van der Waals surface area contributed by atoms with E-state index in [0.29, 0.717) is 18.8 Å². The summed E-state index contributed by atoms with van der Waals surface area (Å²) >= 11 is 0. The molecular formula is C18H19N3O2. The highest BCUT2D eigenvalue weighted by Gasteiger charge is 2.22. The van der Waals surface area contributed by atoms with Crippen molar-refractivity contribution in [3.63, 3.8) is 0 Å². The van der Waals surface area contributed by atoms with Crippen LogP contribution in [0.15, 0.2) is 54.9 Å². The van der Waals surface area contributed by atoms with Crippen LogP contribution in [0.5, 0.6) is 5.75 Å². The van der Waals surface area contributed by atoms with E-state index in [1.807, 2.05) is 42.5 Å². The number of pyridine rings is 1. The molecule has 0 bridgehead atoms. The minimum atomic E-state index is -0.618. The maximum absolute atomic E-state index is 12.6. The van der Waals surface area contributed by atoms with Gasteiger partial charge in [-0.2, -0.15) is 5.26 Å². The molecule has 0 aliphatic rings. The van der Waals surface area contributed by atoms with Crippen molar-refractivity contribution in [3.05, 3.63) is 60.4 Å². The van der Waals surface area contributed by atoms with Crippen molar-refractivity contribution in [2.24, 2.45) is 0 Å². The smallest absolute Gasteiger partial charge is 0.263 e. The Balaban J connectivity index is 2.04. The van der Waals surface area contributed by atoms with Crippen molar-refractivity contribution < 1.29 is 9.53 Å². The Morgan fingerprint density at radius 2 is 2.09 bits per heavy atom. The zero-order valence-electron chi connectivity index (χ0n) is 13.1. The molecule has 1 aromatic carbocycles. The molecule has 5 heteroatoms. The van der Waals surface area contributed by atoms with Crippen LogP contribution < -0.4 is 4.74 Å². The lowest BCUT2D eigenvalue weighted by molar-refractivity contribution is -0.138. The summed E-state index contributed by atoms with van der Waals surface area (Å²) in [6, 6.07) is 15.0. The van der Waals surface area contributed by atoms with Crippen molar-refractivity contribution in [2.45, 2.75) is 26.0 Å².